The molecule has 0 aliphatic rings. The average Bonchev–Trinajstić information content (AvgIpc) is 2.89. The van der Waals surface area contributed by atoms with E-state index in [0.717, 1.165) is 34.5 Å². The number of nitrogen functional groups attached to an aromatic ring is 1. The van der Waals surface area contributed by atoms with Crippen LogP contribution in [0.1, 0.15) is 31.7 Å². The van der Waals surface area contributed by atoms with Crippen molar-refractivity contribution in [1.82, 2.24) is 9.97 Å². The average molecular weight is 265 g/mol. The van der Waals surface area contributed by atoms with Crippen molar-refractivity contribution in [3.63, 3.8) is 0 Å². The van der Waals surface area contributed by atoms with Gasteiger partial charge in [-0.15, -0.1) is 0 Å². The Morgan fingerprint density at radius 2 is 1.95 bits per heavy atom. The summed E-state index contributed by atoms with van der Waals surface area (Å²) < 4.78 is 0. The Labute approximate surface area is 118 Å². The standard InChI is InChI=1S/C17H19N3/c1-3-11(2)12-7-6-8-13(18)16(12)17-19-14-9-4-5-10-15(14)20-17/h4-11H,3,18H2,1-2H3,(H,19,20). The van der Waals surface area contributed by atoms with E-state index < -0.39 is 0 Å². The summed E-state index contributed by atoms with van der Waals surface area (Å²) in [5.74, 6) is 1.32. The predicted molar refractivity (Wildman–Crippen MR) is 84.6 cm³/mol. The van der Waals surface area contributed by atoms with Crippen LogP contribution in [0.25, 0.3) is 22.4 Å². The Kier molecular flexibility index (Phi) is 3.18. The Morgan fingerprint density at radius 1 is 1.15 bits per heavy atom. The SMILES string of the molecule is CCC(C)c1cccc(N)c1-c1nc2ccccc2[nH]1. The molecule has 20 heavy (non-hydrogen) atoms. The van der Waals surface area contributed by atoms with Crippen molar-refractivity contribution in [2.75, 3.05) is 5.73 Å². The van der Waals surface area contributed by atoms with E-state index in [-0.39, 0.29) is 0 Å². The Balaban J connectivity index is 2.22. The maximum absolute atomic E-state index is 6.21. The van der Waals surface area contributed by atoms with Gasteiger partial charge >= 0.3 is 0 Å². The fourth-order valence-electron chi connectivity index (χ4n) is 2.56. The number of nitrogens with two attached hydrogens (primary N) is 1. The highest BCUT2D eigenvalue weighted by Gasteiger charge is 2.16. The third-order valence-electron chi connectivity index (χ3n) is 3.90. The molecule has 0 aliphatic carbocycles. The van der Waals surface area contributed by atoms with Gasteiger partial charge in [0.25, 0.3) is 0 Å². The lowest BCUT2D eigenvalue weighted by Crippen LogP contribution is -2.00. The molecule has 0 spiro atoms. The summed E-state index contributed by atoms with van der Waals surface area (Å²) in [6.07, 6.45) is 1.08. The summed E-state index contributed by atoms with van der Waals surface area (Å²) in [4.78, 5) is 8.07. The zero-order valence-corrected chi connectivity index (χ0v) is 11.9. The van der Waals surface area contributed by atoms with E-state index in [4.69, 9.17) is 5.73 Å². The second-order valence-corrected chi connectivity index (χ2v) is 5.22. The van der Waals surface area contributed by atoms with E-state index in [9.17, 15) is 0 Å². The summed E-state index contributed by atoms with van der Waals surface area (Å²) in [6.45, 7) is 4.41. The maximum atomic E-state index is 6.21. The first-order valence-electron chi connectivity index (χ1n) is 7.04. The minimum atomic E-state index is 0.460. The van der Waals surface area contributed by atoms with E-state index in [0.29, 0.717) is 5.92 Å². The molecule has 3 rings (SSSR count). The van der Waals surface area contributed by atoms with E-state index in [1.54, 1.807) is 0 Å². The van der Waals surface area contributed by atoms with Crippen LogP contribution in [0.2, 0.25) is 0 Å². The minimum absolute atomic E-state index is 0.460. The molecule has 2 aromatic carbocycles. The summed E-state index contributed by atoms with van der Waals surface area (Å²) in [5.41, 5.74) is 11.3. The van der Waals surface area contributed by atoms with Crippen molar-refractivity contribution in [3.05, 3.63) is 48.0 Å². The molecule has 1 unspecified atom stereocenters. The van der Waals surface area contributed by atoms with E-state index in [1.807, 2.05) is 36.4 Å². The first-order chi connectivity index (χ1) is 9.70. The summed E-state index contributed by atoms with van der Waals surface area (Å²) in [5, 5.41) is 0. The van der Waals surface area contributed by atoms with Crippen molar-refractivity contribution in [3.8, 4) is 11.4 Å². The molecule has 3 aromatic rings. The van der Waals surface area contributed by atoms with Crippen LogP contribution in [0.4, 0.5) is 5.69 Å². The number of nitrogens with one attached hydrogen (secondary N) is 1. The summed E-state index contributed by atoms with van der Waals surface area (Å²) in [7, 11) is 0. The topological polar surface area (TPSA) is 54.7 Å². The largest absolute Gasteiger partial charge is 0.398 e. The highest BCUT2D eigenvalue weighted by atomic mass is 14.9. The van der Waals surface area contributed by atoms with Crippen LogP contribution in [0, 0.1) is 0 Å². The zero-order valence-electron chi connectivity index (χ0n) is 11.9. The van der Waals surface area contributed by atoms with Gasteiger partial charge in [-0.3, -0.25) is 0 Å². The number of aromatic amines is 1. The fraction of sp³-hybridized carbons (Fsp3) is 0.235. The lowest BCUT2D eigenvalue weighted by Gasteiger charge is -2.15. The number of nitrogens with zero attached hydrogens (tertiary/aromatic N) is 1. The normalized spacial score (nSPS) is 12.7. The maximum Gasteiger partial charge on any atom is 0.140 e. The number of hydrogen-bond donors (Lipinski definition) is 2. The van der Waals surface area contributed by atoms with Crippen LogP contribution in [0.15, 0.2) is 42.5 Å². The van der Waals surface area contributed by atoms with Crippen LogP contribution in [-0.4, -0.2) is 9.97 Å². The van der Waals surface area contributed by atoms with Crippen LogP contribution in [0.5, 0.6) is 0 Å². The highest BCUT2D eigenvalue weighted by Crippen LogP contribution is 2.34. The Morgan fingerprint density at radius 3 is 2.70 bits per heavy atom. The molecule has 1 atom stereocenters. The molecular formula is C17H19N3. The molecule has 0 fully saturated rings. The summed E-state index contributed by atoms with van der Waals surface area (Å²) >= 11 is 0. The van der Waals surface area contributed by atoms with Gasteiger partial charge in [-0.05, 0) is 36.1 Å². The number of anilines is 1. The highest BCUT2D eigenvalue weighted by molar-refractivity contribution is 5.84. The van der Waals surface area contributed by atoms with Crippen molar-refractivity contribution in [2.24, 2.45) is 0 Å². The monoisotopic (exact) mass is 265 g/mol. The zero-order chi connectivity index (χ0) is 14.1. The van der Waals surface area contributed by atoms with Gasteiger partial charge in [0.2, 0.25) is 0 Å². The number of hydrogen-bond acceptors (Lipinski definition) is 2. The van der Waals surface area contributed by atoms with Crippen LogP contribution in [0.3, 0.4) is 0 Å². The lowest BCUT2D eigenvalue weighted by molar-refractivity contribution is 0.735. The number of para-hydroxylation sites is 2. The molecule has 0 aliphatic heterocycles. The molecule has 3 nitrogen and oxygen atoms in total. The molecule has 3 N–H and O–H groups in total. The first-order valence-corrected chi connectivity index (χ1v) is 7.04. The first kappa shape index (κ1) is 12.7. The molecular weight excluding hydrogens is 246 g/mol. The number of aromatic nitrogens is 2. The van der Waals surface area contributed by atoms with Gasteiger partial charge in [-0.2, -0.15) is 0 Å². The molecule has 1 heterocycles. The Bertz CT molecular complexity index is 710. The van der Waals surface area contributed by atoms with Gasteiger partial charge in [-0.25, -0.2) is 4.98 Å². The number of H-pyrrole nitrogens is 1. The Hall–Kier alpha value is -2.29. The minimum Gasteiger partial charge on any atom is -0.398 e. The van der Waals surface area contributed by atoms with Crippen molar-refractivity contribution in [2.45, 2.75) is 26.2 Å². The molecule has 102 valence electrons. The van der Waals surface area contributed by atoms with Gasteiger partial charge in [0.15, 0.2) is 0 Å². The lowest BCUT2D eigenvalue weighted by atomic mass is 9.92. The fourth-order valence-corrected chi connectivity index (χ4v) is 2.56. The number of rotatable bonds is 3. The molecule has 0 saturated carbocycles. The van der Waals surface area contributed by atoms with Gasteiger partial charge < -0.3 is 10.7 Å². The second kappa shape index (κ2) is 5.00. The van der Waals surface area contributed by atoms with E-state index >= 15 is 0 Å². The predicted octanol–water partition coefficient (Wildman–Crippen LogP) is 4.33. The number of benzene rings is 2. The summed E-state index contributed by atoms with van der Waals surface area (Å²) in [6, 6.07) is 14.2. The second-order valence-electron chi connectivity index (χ2n) is 5.22. The molecule has 0 bridgehead atoms. The number of fused-ring (bicyclic) bond motifs is 1. The smallest absolute Gasteiger partial charge is 0.140 e. The third kappa shape index (κ3) is 2.05. The van der Waals surface area contributed by atoms with Crippen molar-refractivity contribution < 1.29 is 0 Å². The van der Waals surface area contributed by atoms with Gasteiger partial charge in [0.1, 0.15) is 5.82 Å². The molecule has 0 amide bonds. The van der Waals surface area contributed by atoms with Crippen LogP contribution < -0.4 is 5.73 Å². The van der Waals surface area contributed by atoms with Gasteiger partial charge in [0, 0.05) is 11.3 Å². The molecule has 3 heteroatoms. The molecule has 0 radical (unpaired) electrons. The number of imidazole rings is 1. The third-order valence-corrected chi connectivity index (χ3v) is 3.90. The van der Waals surface area contributed by atoms with Gasteiger partial charge in [-0.1, -0.05) is 38.1 Å². The van der Waals surface area contributed by atoms with Crippen LogP contribution in [-0.2, 0) is 0 Å². The van der Waals surface area contributed by atoms with Crippen LogP contribution >= 0.6 is 0 Å². The van der Waals surface area contributed by atoms with E-state index in [2.05, 4.69) is 29.9 Å². The molecule has 0 saturated heterocycles. The molecule has 1 aromatic heterocycles. The van der Waals surface area contributed by atoms with E-state index in [1.165, 1.54) is 5.56 Å². The van der Waals surface area contributed by atoms with Crippen molar-refractivity contribution in [1.29, 1.82) is 0 Å². The van der Waals surface area contributed by atoms with Gasteiger partial charge in [0.05, 0.1) is 11.0 Å². The van der Waals surface area contributed by atoms with Crippen molar-refractivity contribution >= 4 is 16.7 Å². The quantitative estimate of drug-likeness (QED) is 0.693.